The zero-order valence-electron chi connectivity index (χ0n) is 12.4. The Kier molecular flexibility index (Phi) is 4.04. The molecule has 5 nitrogen and oxygen atoms in total. The van der Waals surface area contributed by atoms with Crippen LogP contribution < -0.4 is 5.56 Å². The minimum Gasteiger partial charge on any atom is -0.279 e. The average molecular weight is 397 g/mol. The molecule has 0 amide bonds. The van der Waals surface area contributed by atoms with Gasteiger partial charge in [-0.2, -0.15) is 0 Å². The Morgan fingerprint density at radius 2 is 1.96 bits per heavy atom. The molecule has 0 aliphatic heterocycles. The van der Waals surface area contributed by atoms with Crippen molar-refractivity contribution in [3.8, 4) is 0 Å². The number of aryl methyl sites for hydroxylation is 1. The van der Waals surface area contributed by atoms with Gasteiger partial charge >= 0.3 is 0 Å². The molecule has 9 heteroatoms. The number of thiophene rings is 1. The third-order valence-electron chi connectivity index (χ3n) is 3.66. The van der Waals surface area contributed by atoms with Crippen molar-refractivity contribution in [2.45, 2.75) is 10.6 Å². The standard InChI is InChI=1S/C15H10Cl2N4OS2/c1-20-14(22)13-10(5-6-23-13)21-11(18-19-15(20)21)7-24-12-8(16)3-2-4-9(12)17/h2-6H,7H2,1H3. The molecule has 4 aromatic rings. The third-order valence-corrected chi connectivity index (χ3v) is 6.54. The monoisotopic (exact) mass is 396 g/mol. The van der Waals surface area contributed by atoms with E-state index in [0.717, 1.165) is 16.2 Å². The van der Waals surface area contributed by atoms with Crippen molar-refractivity contribution in [1.29, 1.82) is 0 Å². The van der Waals surface area contributed by atoms with Crippen LogP contribution in [0, 0.1) is 0 Å². The Balaban J connectivity index is 1.82. The smallest absolute Gasteiger partial charge is 0.272 e. The van der Waals surface area contributed by atoms with Gasteiger partial charge in [-0.3, -0.25) is 13.8 Å². The van der Waals surface area contributed by atoms with Gasteiger partial charge in [0, 0.05) is 11.9 Å². The van der Waals surface area contributed by atoms with Crippen LogP contribution in [0.5, 0.6) is 0 Å². The van der Waals surface area contributed by atoms with Gasteiger partial charge in [-0.25, -0.2) is 0 Å². The maximum absolute atomic E-state index is 12.3. The largest absolute Gasteiger partial charge is 0.279 e. The zero-order chi connectivity index (χ0) is 16.8. The van der Waals surface area contributed by atoms with E-state index in [1.54, 1.807) is 19.2 Å². The van der Waals surface area contributed by atoms with Crippen molar-refractivity contribution in [2.24, 2.45) is 7.05 Å². The molecule has 0 aliphatic rings. The minimum atomic E-state index is -0.0618. The molecule has 24 heavy (non-hydrogen) atoms. The number of halogens is 2. The molecular formula is C15H10Cl2N4OS2. The summed E-state index contributed by atoms with van der Waals surface area (Å²) in [6, 6.07) is 7.33. The van der Waals surface area contributed by atoms with Gasteiger partial charge in [0.2, 0.25) is 5.78 Å². The van der Waals surface area contributed by atoms with E-state index in [1.165, 1.54) is 27.7 Å². The van der Waals surface area contributed by atoms with Crippen LogP contribution in [0.15, 0.2) is 39.3 Å². The highest BCUT2D eigenvalue weighted by atomic mass is 35.5. The quantitative estimate of drug-likeness (QED) is 0.485. The van der Waals surface area contributed by atoms with E-state index >= 15 is 0 Å². The molecule has 0 bridgehead atoms. The number of nitrogens with zero attached hydrogens (tertiary/aromatic N) is 4. The number of hydrogen-bond acceptors (Lipinski definition) is 5. The van der Waals surface area contributed by atoms with E-state index < -0.39 is 0 Å². The van der Waals surface area contributed by atoms with Gasteiger partial charge in [0.05, 0.1) is 21.3 Å². The Bertz CT molecular complexity index is 1110. The van der Waals surface area contributed by atoms with Gasteiger partial charge in [-0.05, 0) is 23.6 Å². The third kappa shape index (κ3) is 2.43. The van der Waals surface area contributed by atoms with Crippen molar-refractivity contribution in [3.63, 3.8) is 0 Å². The van der Waals surface area contributed by atoms with Crippen molar-refractivity contribution in [3.05, 3.63) is 55.9 Å². The van der Waals surface area contributed by atoms with Crippen LogP contribution in [0.1, 0.15) is 5.82 Å². The first-order chi connectivity index (χ1) is 11.6. The lowest BCUT2D eigenvalue weighted by Crippen LogP contribution is -2.19. The molecule has 122 valence electrons. The summed E-state index contributed by atoms with van der Waals surface area (Å²) in [5.41, 5.74) is 0.761. The molecule has 1 aromatic carbocycles. The van der Waals surface area contributed by atoms with E-state index in [1.807, 2.05) is 21.9 Å². The maximum Gasteiger partial charge on any atom is 0.272 e. The lowest BCUT2D eigenvalue weighted by Gasteiger charge is -2.07. The molecule has 0 saturated heterocycles. The van der Waals surface area contributed by atoms with Gasteiger partial charge < -0.3 is 0 Å². The number of hydrogen-bond donors (Lipinski definition) is 0. The van der Waals surface area contributed by atoms with E-state index in [2.05, 4.69) is 10.2 Å². The fraction of sp³-hybridized carbons (Fsp3) is 0.133. The highest BCUT2D eigenvalue weighted by molar-refractivity contribution is 7.98. The molecule has 0 saturated carbocycles. The lowest BCUT2D eigenvalue weighted by molar-refractivity contribution is 0.860. The van der Waals surface area contributed by atoms with Gasteiger partial charge in [-0.15, -0.1) is 33.3 Å². The van der Waals surface area contributed by atoms with Crippen LogP contribution >= 0.6 is 46.3 Å². The van der Waals surface area contributed by atoms with Gasteiger partial charge in [-0.1, -0.05) is 29.3 Å². The zero-order valence-corrected chi connectivity index (χ0v) is 15.5. The van der Waals surface area contributed by atoms with E-state index in [9.17, 15) is 4.79 Å². The molecule has 0 radical (unpaired) electrons. The van der Waals surface area contributed by atoms with Crippen molar-refractivity contribution < 1.29 is 0 Å². The molecule has 4 rings (SSSR count). The first-order valence-electron chi connectivity index (χ1n) is 6.95. The summed E-state index contributed by atoms with van der Waals surface area (Å²) >= 11 is 15.4. The molecule has 0 N–H and O–H groups in total. The Hall–Kier alpha value is -1.54. The Labute approximate surface area is 154 Å². The van der Waals surface area contributed by atoms with Crippen LogP contribution in [-0.4, -0.2) is 19.2 Å². The summed E-state index contributed by atoms with van der Waals surface area (Å²) in [7, 11) is 1.70. The highest BCUT2D eigenvalue weighted by Gasteiger charge is 2.16. The number of thioether (sulfide) groups is 1. The summed E-state index contributed by atoms with van der Waals surface area (Å²) in [6.07, 6.45) is 0. The summed E-state index contributed by atoms with van der Waals surface area (Å²) < 4.78 is 4.11. The number of aromatic nitrogens is 4. The lowest BCUT2D eigenvalue weighted by atomic mass is 10.4. The van der Waals surface area contributed by atoms with Crippen molar-refractivity contribution >= 4 is 62.3 Å². The molecule has 0 atom stereocenters. The molecule has 0 spiro atoms. The number of benzene rings is 1. The predicted octanol–water partition coefficient (Wildman–Crippen LogP) is 4.24. The van der Waals surface area contributed by atoms with Crippen LogP contribution in [0.2, 0.25) is 10.0 Å². The first-order valence-corrected chi connectivity index (χ1v) is 9.57. The second-order valence-corrected chi connectivity index (χ2v) is 7.81. The first kappa shape index (κ1) is 16.0. The van der Waals surface area contributed by atoms with Crippen LogP contribution in [0.3, 0.4) is 0 Å². The van der Waals surface area contributed by atoms with Crippen LogP contribution in [0.4, 0.5) is 0 Å². The van der Waals surface area contributed by atoms with Crippen LogP contribution in [-0.2, 0) is 12.8 Å². The predicted molar refractivity (Wildman–Crippen MR) is 99.6 cm³/mol. The minimum absolute atomic E-state index is 0.0618. The fourth-order valence-electron chi connectivity index (χ4n) is 2.50. The summed E-state index contributed by atoms with van der Waals surface area (Å²) in [4.78, 5) is 13.1. The molecule has 3 heterocycles. The van der Waals surface area contributed by atoms with Gasteiger partial charge in [0.25, 0.3) is 5.56 Å². The van der Waals surface area contributed by atoms with E-state index in [4.69, 9.17) is 23.2 Å². The number of fused-ring (bicyclic) bond motifs is 3. The Morgan fingerprint density at radius 1 is 1.21 bits per heavy atom. The average Bonchev–Trinajstić information content (AvgIpc) is 3.18. The fourth-order valence-corrected chi connectivity index (χ4v) is 4.95. The van der Waals surface area contributed by atoms with Crippen LogP contribution in [0.25, 0.3) is 16.0 Å². The van der Waals surface area contributed by atoms with Gasteiger partial charge in [0.1, 0.15) is 10.5 Å². The second kappa shape index (κ2) is 6.07. The molecule has 0 aliphatic carbocycles. The maximum atomic E-state index is 12.3. The highest BCUT2D eigenvalue weighted by Crippen LogP contribution is 2.35. The van der Waals surface area contributed by atoms with E-state index in [0.29, 0.717) is 26.3 Å². The topological polar surface area (TPSA) is 52.2 Å². The molecule has 3 aromatic heterocycles. The summed E-state index contributed by atoms with van der Waals surface area (Å²) in [5.74, 6) is 1.80. The SMILES string of the molecule is Cn1c(=O)c2sccc2n2c(CSc3c(Cl)cccc3Cl)nnc12. The Morgan fingerprint density at radius 3 is 2.71 bits per heavy atom. The molecular weight excluding hydrogens is 387 g/mol. The van der Waals surface area contributed by atoms with Gasteiger partial charge in [0.15, 0.2) is 0 Å². The normalized spacial score (nSPS) is 11.6. The molecule has 0 fully saturated rings. The second-order valence-electron chi connectivity index (χ2n) is 5.09. The number of rotatable bonds is 3. The molecule has 0 unspecified atom stereocenters. The van der Waals surface area contributed by atoms with E-state index in [-0.39, 0.29) is 5.56 Å². The van der Waals surface area contributed by atoms with Crippen molar-refractivity contribution in [1.82, 2.24) is 19.2 Å². The summed E-state index contributed by atoms with van der Waals surface area (Å²) in [5, 5.41) is 11.5. The van der Waals surface area contributed by atoms with Crippen molar-refractivity contribution in [2.75, 3.05) is 0 Å². The summed E-state index contributed by atoms with van der Waals surface area (Å²) in [6.45, 7) is 0.